The zero-order valence-corrected chi connectivity index (χ0v) is 11.4. The van der Waals surface area contributed by atoms with E-state index in [2.05, 4.69) is 5.32 Å². The van der Waals surface area contributed by atoms with Gasteiger partial charge in [0.1, 0.15) is 0 Å². The van der Waals surface area contributed by atoms with Crippen LogP contribution in [0.3, 0.4) is 0 Å². The first kappa shape index (κ1) is 13.8. The number of carbonyl (C=O) groups excluding carboxylic acids is 2. The minimum atomic E-state index is -0.166. The smallest absolute Gasteiger partial charge is 0.227 e. The number of benzene rings is 1. The van der Waals surface area contributed by atoms with Gasteiger partial charge in [-0.3, -0.25) is 9.59 Å². The molecule has 0 spiro atoms. The van der Waals surface area contributed by atoms with Crippen LogP contribution < -0.4 is 16.0 Å². The van der Waals surface area contributed by atoms with Crippen LogP contribution in [0.5, 0.6) is 0 Å². The molecule has 0 aliphatic carbocycles. The summed E-state index contributed by atoms with van der Waals surface area (Å²) in [6, 6.07) is 5.08. The van der Waals surface area contributed by atoms with E-state index in [-0.39, 0.29) is 17.7 Å². The van der Waals surface area contributed by atoms with Gasteiger partial charge in [-0.25, -0.2) is 0 Å². The van der Waals surface area contributed by atoms with Crippen molar-refractivity contribution >= 4 is 34.8 Å². The molecule has 3 N–H and O–H groups in total. The molecular formula is C13H16ClN3O2. The molecule has 1 aliphatic heterocycles. The maximum absolute atomic E-state index is 12.0. The molecule has 0 radical (unpaired) electrons. The normalized spacial score (nSPS) is 18.8. The van der Waals surface area contributed by atoms with Crippen LogP contribution in [0.1, 0.15) is 13.3 Å². The molecule has 0 saturated carbocycles. The zero-order valence-electron chi connectivity index (χ0n) is 10.6. The van der Waals surface area contributed by atoms with Crippen LogP contribution in [0.2, 0.25) is 5.02 Å². The summed E-state index contributed by atoms with van der Waals surface area (Å²) in [5.41, 5.74) is 6.84. The Morgan fingerprint density at radius 3 is 2.89 bits per heavy atom. The molecule has 1 unspecified atom stereocenters. The molecule has 1 atom stereocenters. The third-order valence-electron chi connectivity index (χ3n) is 3.10. The largest absolute Gasteiger partial charge is 0.330 e. The number of anilines is 2. The van der Waals surface area contributed by atoms with Crippen molar-refractivity contribution in [3.63, 3.8) is 0 Å². The first-order valence-electron chi connectivity index (χ1n) is 6.09. The van der Waals surface area contributed by atoms with Crippen molar-refractivity contribution in [3.05, 3.63) is 23.2 Å². The van der Waals surface area contributed by atoms with Gasteiger partial charge in [0.15, 0.2) is 0 Å². The molecule has 1 aromatic carbocycles. The van der Waals surface area contributed by atoms with Gasteiger partial charge in [0.25, 0.3) is 0 Å². The minimum Gasteiger partial charge on any atom is -0.330 e. The number of halogens is 1. The summed E-state index contributed by atoms with van der Waals surface area (Å²) in [7, 11) is 0. The Hall–Kier alpha value is -1.59. The highest BCUT2D eigenvalue weighted by molar-refractivity contribution is 6.34. The molecule has 2 rings (SSSR count). The van der Waals surface area contributed by atoms with Gasteiger partial charge in [0, 0.05) is 25.6 Å². The SMILES string of the molecule is CC(=O)Nc1ccc(Cl)c(N2CC(CN)CC2=O)c1. The van der Waals surface area contributed by atoms with E-state index >= 15 is 0 Å². The molecule has 1 aromatic rings. The fraction of sp³-hybridized carbons (Fsp3) is 0.385. The van der Waals surface area contributed by atoms with Crippen LogP contribution >= 0.6 is 11.6 Å². The van der Waals surface area contributed by atoms with Crippen molar-refractivity contribution in [2.24, 2.45) is 11.7 Å². The van der Waals surface area contributed by atoms with E-state index in [4.69, 9.17) is 17.3 Å². The Labute approximate surface area is 116 Å². The van der Waals surface area contributed by atoms with Gasteiger partial charge in [-0.1, -0.05) is 11.6 Å². The standard InChI is InChI=1S/C13H16ClN3O2/c1-8(18)16-10-2-3-11(14)12(5-10)17-7-9(6-15)4-13(17)19/h2-3,5,9H,4,6-7,15H2,1H3,(H,16,18). The Morgan fingerprint density at radius 2 is 2.32 bits per heavy atom. The molecule has 2 amide bonds. The monoisotopic (exact) mass is 281 g/mol. The first-order chi connectivity index (χ1) is 9.01. The summed E-state index contributed by atoms with van der Waals surface area (Å²) in [4.78, 5) is 24.6. The third kappa shape index (κ3) is 3.05. The first-order valence-corrected chi connectivity index (χ1v) is 6.46. The number of nitrogens with zero attached hydrogens (tertiary/aromatic N) is 1. The second-order valence-electron chi connectivity index (χ2n) is 4.66. The summed E-state index contributed by atoms with van der Waals surface area (Å²) >= 11 is 6.13. The van der Waals surface area contributed by atoms with Crippen LogP contribution in [-0.2, 0) is 9.59 Å². The molecule has 1 heterocycles. The second kappa shape index (κ2) is 5.59. The average Bonchev–Trinajstić information content (AvgIpc) is 2.72. The summed E-state index contributed by atoms with van der Waals surface area (Å²) in [6.07, 6.45) is 0.442. The molecule has 5 nitrogen and oxygen atoms in total. The van der Waals surface area contributed by atoms with Gasteiger partial charge in [-0.2, -0.15) is 0 Å². The third-order valence-corrected chi connectivity index (χ3v) is 3.42. The number of nitrogens with two attached hydrogens (primary N) is 1. The van der Waals surface area contributed by atoms with Gasteiger partial charge in [0.2, 0.25) is 11.8 Å². The highest BCUT2D eigenvalue weighted by atomic mass is 35.5. The molecule has 19 heavy (non-hydrogen) atoms. The topological polar surface area (TPSA) is 75.4 Å². The number of hydrogen-bond acceptors (Lipinski definition) is 3. The maximum Gasteiger partial charge on any atom is 0.227 e. The zero-order chi connectivity index (χ0) is 14.0. The highest BCUT2D eigenvalue weighted by Crippen LogP contribution is 2.33. The van der Waals surface area contributed by atoms with Crippen LogP contribution in [0, 0.1) is 5.92 Å². The van der Waals surface area contributed by atoms with Crippen molar-refractivity contribution in [3.8, 4) is 0 Å². The number of amides is 2. The van der Waals surface area contributed by atoms with Gasteiger partial charge in [-0.15, -0.1) is 0 Å². The van der Waals surface area contributed by atoms with Crippen molar-refractivity contribution in [1.82, 2.24) is 0 Å². The molecular weight excluding hydrogens is 266 g/mol. The van der Waals surface area contributed by atoms with Crippen LogP contribution in [0.15, 0.2) is 18.2 Å². The molecule has 1 fully saturated rings. The van der Waals surface area contributed by atoms with E-state index in [0.29, 0.717) is 35.9 Å². The van der Waals surface area contributed by atoms with Crippen molar-refractivity contribution in [2.75, 3.05) is 23.3 Å². The maximum atomic E-state index is 12.0. The molecule has 102 valence electrons. The fourth-order valence-electron chi connectivity index (χ4n) is 2.17. The lowest BCUT2D eigenvalue weighted by molar-refractivity contribution is -0.117. The number of hydrogen-bond donors (Lipinski definition) is 2. The van der Waals surface area contributed by atoms with Gasteiger partial charge >= 0.3 is 0 Å². The van der Waals surface area contributed by atoms with Crippen molar-refractivity contribution in [2.45, 2.75) is 13.3 Å². The Bertz CT molecular complexity index is 519. The molecule has 1 saturated heterocycles. The van der Waals surface area contributed by atoms with E-state index < -0.39 is 0 Å². The van der Waals surface area contributed by atoms with Crippen LogP contribution in [-0.4, -0.2) is 24.9 Å². The molecule has 0 aromatic heterocycles. The van der Waals surface area contributed by atoms with Crippen LogP contribution in [0.25, 0.3) is 0 Å². The predicted octanol–water partition coefficient (Wildman–Crippen LogP) is 1.61. The van der Waals surface area contributed by atoms with Crippen molar-refractivity contribution in [1.29, 1.82) is 0 Å². The minimum absolute atomic E-state index is 0.0114. The lowest BCUT2D eigenvalue weighted by Crippen LogP contribution is -2.26. The van der Waals surface area contributed by atoms with E-state index in [1.807, 2.05) is 0 Å². The summed E-state index contributed by atoms with van der Waals surface area (Å²) in [6.45, 7) is 2.48. The van der Waals surface area contributed by atoms with Gasteiger partial charge in [-0.05, 0) is 30.7 Å². The van der Waals surface area contributed by atoms with Crippen molar-refractivity contribution < 1.29 is 9.59 Å². The van der Waals surface area contributed by atoms with E-state index in [0.717, 1.165) is 0 Å². The highest BCUT2D eigenvalue weighted by Gasteiger charge is 2.30. The van der Waals surface area contributed by atoms with E-state index in [1.54, 1.807) is 23.1 Å². The summed E-state index contributed by atoms with van der Waals surface area (Å²) in [5, 5.41) is 3.16. The molecule has 0 bridgehead atoms. The Kier molecular flexibility index (Phi) is 4.07. The van der Waals surface area contributed by atoms with Gasteiger partial charge < -0.3 is 16.0 Å². The predicted molar refractivity (Wildman–Crippen MR) is 75.3 cm³/mol. The Morgan fingerprint density at radius 1 is 1.58 bits per heavy atom. The quantitative estimate of drug-likeness (QED) is 0.884. The lowest BCUT2D eigenvalue weighted by Gasteiger charge is -2.19. The fourth-order valence-corrected chi connectivity index (χ4v) is 2.39. The number of carbonyl (C=O) groups is 2. The van der Waals surface area contributed by atoms with Gasteiger partial charge in [0.05, 0.1) is 10.7 Å². The van der Waals surface area contributed by atoms with E-state index in [1.165, 1.54) is 6.92 Å². The lowest BCUT2D eigenvalue weighted by atomic mass is 10.1. The average molecular weight is 282 g/mol. The van der Waals surface area contributed by atoms with E-state index in [9.17, 15) is 9.59 Å². The summed E-state index contributed by atoms with van der Waals surface area (Å²) < 4.78 is 0. The number of nitrogens with one attached hydrogen (secondary N) is 1. The van der Waals surface area contributed by atoms with Crippen LogP contribution in [0.4, 0.5) is 11.4 Å². The summed E-state index contributed by atoms with van der Waals surface area (Å²) in [5.74, 6) is 0.00571. The number of rotatable bonds is 3. The Balaban J connectivity index is 2.28. The molecule has 1 aliphatic rings. The second-order valence-corrected chi connectivity index (χ2v) is 5.06. The molecule has 6 heteroatoms.